The van der Waals surface area contributed by atoms with E-state index in [0.29, 0.717) is 39.7 Å². The lowest BCUT2D eigenvalue weighted by atomic mass is 10.0. The second kappa shape index (κ2) is 4.01. The zero-order valence-corrected chi connectivity index (χ0v) is 10.6. The highest BCUT2D eigenvalue weighted by Gasteiger charge is 2.39. The van der Waals surface area contributed by atoms with Gasteiger partial charge in [-0.05, 0) is 21.8 Å². The molecule has 3 aromatic rings. The van der Waals surface area contributed by atoms with Gasteiger partial charge in [-0.1, -0.05) is 6.07 Å². The molecule has 1 aliphatic carbocycles. The smallest absolute Gasteiger partial charge is 0.303 e. The highest BCUT2D eigenvalue weighted by atomic mass is 19.1. The molecule has 0 radical (unpaired) electrons. The van der Waals surface area contributed by atoms with Crippen molar-refractivity contribution in [2.24, 2.45) is 0 Å². The Morgan fingerprint density at radius 1 is 1.19 bits per heavy atom. The first-order valence-corrected chi connectivity index (χ1v) is 6.22. The Morgan fingerprint density at radius 3 is 2.81 bits per heavy atom. The number of hydrogen-bond donors (Lipinski definition) is 0. The molecule has 0 amide bonds. The van der Waals surface area contributed by atoms with Crippen LogP contribution in [-0.4, -0.2) is 15.1 Å². The summed E-state index contributed by atoms with van der Waals surface area (Å²) in [6.07, 6.45) is 0.678. The molecule has 0 saturated carbocycles. The maximum atomic E-state index is 13.3. The predicted octanol–water partition coefficient (Wildman–Crippen LogP) is 0.0318. The number of halogens is 1. The first-order valence-electron chi connectivity index (χ1n) is 6.22. The SMILES string of the molecule is [O-][n+]1onc2c1CCc1c-2nn(-c2cccc(F)c2)[n+]1[O-]. The summed E-state index contributed by atoms with van der Waals surface area (Å²) in [7, 11) is 0. The molecule has 4 rings (SSSR count). The van der Waals surface area contributed by atoms with Crippen LogP contribution in [0.15, 0.2) is 28.9 Å². The van der Waals surface area contributed by atoms with E-state index >= 15 is 0 Å². The van der Waals surface area contributed by atoms with Crippen molar-refractivity contribution in [3.63, 3.8) is 0 Å². The van der Waals surface area contributed by atoms with Crippen LogP contribution in [0.1, 0.15) is 11.4 Å². The third-order valence-corrected chi connectivity index (χ3v) is 3.43. The molecule has 0 unspecified atom stereocenters. The molecule has 106 valence electrons. The van der Waals surface area contributed by atoms with E-state index in [9.17, 15) is 14.8 Å². The molecule has 2 aromatic heterocycles. The number of hydrogen-bond acceptors (Lipinski definition) is 5. The number of aromatic nitrogens is 5. The van der Waals surface area contributed by atoms with Crippen LogP contribution in [0.5, 0.6) is 0 Å². The van der Waals surface area contributed by atoms with Gasteiger partial charge in [0.05, 0.1) is 10.3 Å². The minimum absolute atomic E-state index is 0.256. The van der Waals surface area contributed by atoms with Gasteiger partial charge in [-0.3, -0.25) is 4.63 Å². The van der Waals surface area contributed by atoms with Crippen LogP contribution in [0, 0.1) is 16.2 Å². The maximum absolute atomic E-state index is 13.3. The van der Waals surface area contributed by atoms with Crippen molar-refractivity contribution >= 4 is 0 Å². The molecular formula is C12H8FN5O3. The highest BCUT2D eigenvalue weighted by molar-refractivity contribution is 5.59. The zero-order chi connectivity index (χ0) is 14.6. The average Bonchev–Trinajstić information content (AvgIpc) is 3.01. The third-order valence-electron chi connectivity index (χ3n) is 3.43. The van der Waals surface area contributed by atoms with E-state index in [2.05, 4.69) is 14.9 Å². The second-order valence-corrected chi connectivity index (χ2v) is 4.66. The lowest BCUT2D eigenvalue weighted by Crippen LogP contribution is -2.41. The van der Waals surface area contributed by atoms with Gasteiger partial charge >= 0.3 is 11.4 Å². The third kappa shape index (κ3) is 1.60. The van der Waals surface area contributed by atoms with Crippen LogP contribution in [0.2, 0.25) is 0 Å². The Hall–Kier alpha value is -2.97. The van der Waals surface area contributed by atoms with Crippen LogP contribution in [0.4, 0.5) is 4.39 Å². The summed E-state index contributed by atoms with van der Waals surface area (Å²) >= 11 is 0. The summed E-state index contributed by atoms with van der Waals surface area (Å²) in [4.78, 5) is 1.93. The van der Waals surface area contributed by atoms with Gasteiger partial charge in [-0.15, -0.1) is 4.85 Å². The van der Waals surface area contributed by atoms with Crippen LogP contribution in [0.25, 0.3) is 17.1 Å². The molecule has 21 heavy (non-hydrogen) atoms. The summed E-state index contributed by atoms with van der Waals surface area (Å²) < 4.78 is 17.8. The van der Waals surface area contributed by atoms with E-state index in [0.717, 1.165) is 4.80 Å². The highest BCUT2D eigenvalue weighted by Crippen LogP contribution is 2.27. The zero-order valence-electron chi connectivity index (χ0n) is 10.6. The molecule has 0 aliphatic heterocycles. The van der Waals surface area contributed by atoms with E-state index in [1.54, 1.807) is 6.07 Å². The number of rotatable bonds is 1. The predicted molar refractivity (Wildman–Crippen MR) is 64.3 cm³/mol. The molecule has 8 nitrogen and oxygen atoms in total. The van der Waals surface area contributed by atoms with Crippen molar-refractivity contribution < 1.29 is 18.8 Å². The van der Waals surface area contributed by atoms with Crippen LogP contribution >= 0.6 is 0 Å². The number of benzene rings is 1. The molecule has 1 aliphatic rings. The van der Waals surface area contributed by atoms with Gasteiger partial charge in [0.25, 0.3) is 0 Å². The Labute approximate surface area is 116 Å². The van der Waals surface area contributed by atoms with Crippen molar-refractivity contribution in [2.75, 3.05) is 0 Å². The fourth-order valence-corrected chi connectivity index (χ4v) is 2.45. The molecule has 1 aromatic carbocycles. The quantitative estimate of drug-likeness (QED) is 0.465. The van der Waals surface area contributed by atoms with Gasteiger partial charge < -0.3 is 10.4 Å². The first-order chi connectivity index (χ1) is 10.1. The summed E-state index contributed by atoms with van der Waals surface area (Å²) in [5.74, 6) is -0.472. The van der Waals surface area contributed by atoms with E-state index in [1.807, 2.05) is 0 Å². The van der Waals surface area contributed by atoms with Gasteiger partial charge in [0, 0.05) is 18.9 Å². The maximum Gasteiger partial charge on any atom is 0.303 e. The van der Waals surface area contributed by atoms with Gasteiger partial charge in [0.15, 0.2) is 5.69 Å². The van der Waals surface area contributed by atoms with Crippen molar-refractivity contribution in [3.8, 4) is 17.1 Å². The van der Waals surface area contributed by atoms with Crippen molar-refractivity contribution in [2.45, 2.75) is 12.8 Å². The van der Waals surface area contributed by atoms with E-state index < -0.39 is 5.82 Å². The first kappa shape index (κ1) is 11.8. The van der Waals surface area contributed by atoms with Crippen LogP contribution < -0.4 is 9.75 Å². The fraction of sp³-hybridized carbons (Fsp3) is 0.167. The summed E-state index contributed by atoms with van der Waals surface area (Å²) in [6.45, 7) is 0. The molecular weight excluding hydrogens is 281 g/mol. The molecule has 0 spiro atoms. The fourth-order valence-electron chi connectivity index (χ4n) is 2.45. The Morgan fingerprint density at radius 2 is 2.00 bits per heavy atom. The number of nitrogens with zero attached hydrogens (tertiary/aromatic N) is 5. The summed E-state index contributed by atoms with van der Waals surface area (Å²) in [6, 6.07) is 5.52. The minimum atomic E-state index is -0.472. The average molecular weight is 289 g/mol. The van der Waals surface area contributed by atoms with Crippen LogP contribution in [0.3, 0.4) is 0 Å². The summed E-state index contributed by atoms with van der Waals surface area (Å²) in [5, 5.41) is 31.5. The van der Waals surface area contributed by atoms with Gasteiger partial charge in [-0.25, -0.2) is 4.39 Å². The second-order valence-electron chi connectivity index (χ2n) is 4.66. The van der Waals surface area contributed by atoms with E-state index in [1.165, 1.54) is 18.2 Å². The minimum Gasteiger partial charge on any atom is -0.692 e. The summed E-state index contributed by atoms with van der Waals surface area (Å²) in [5.41, 5.74) is 1.55. The molecule has 9 heteroatoms. The Bertz CT molecular complexity index is 857. The lowest BCUT2D eigenvalue weighted by molar-refractivity contribution is -0.808. The van der Waals surface area contributed by atoms with Gasteiger partial charge in [0.2, 0.25) is 5.69 Å². The van der Waals surface area contributed by atoms with Crippen molar-refractivity contribution in [1.29, 1.82) is 0 Å². The van der Waals surface area contributed by atoms with Crippen molar-refractivity contribution in [3.05, 3.63) is 51.9 Å². The largest absolute Gasteiger partial charge is 0.692 e. The Balaban J connectivity index is 1.93. The van der Waals surface area contributed by atoms with E-state index in [4.69, 9.17) is 0 Å². The lowest BCUT2D eigenvalue weighted by Gasteiger charge is -2.07. The molecule has 0 bridgehead atoms. The molecule has 2 heterocycles. The molecule has 0 saturated heterocycles. The van der Waals surface area contributed by atoms with Gasteiger partial charge in [0.1, 0.15) is 11.5 Å². The topological polar surface area (TPSA) is 97.7 Å². The van der Waals surface area contributed by atoms with Crippen LogP contribution in [-0.2, 0) is 12.8 Å². The Kier molecular flexibility index (Phi) is 2.26. The monoisotopic (exact) mass is 289 g/mol. The normalized spacial score (nSPS) is 13.0. The van der Waals surface area contributed by atoms with E-state index in [-0.39, 0.29) is 11.4 Å². The standard InChI is InChI=1S/C12H8FN5O3/c13-7-2-1-3-8(6-7)16-14-11-9(17(16)19)4-5-10-12(11)15-21-18(10)20/h1-3,6H,4-5H2. The molecule has 0 N–H and O–H groups in total. The molecule has 0 atom stereocenters. The van der Waals surface area contributed by atoms with Gasteiger partial charge in [-0.2, -0.15) is 0 Å². The number of fused-ring (bicyclic) bond motifs is 3. The molecule has 0 fully saturated rings. The van der Waals surface area contributed by atoms with Crippen molar-refractivity contribution in [1.82, 2.24) is 15.1 Å².